The lowest BCUT2D eigenvalue weighted by molar-refractivity contribution is -0.122. The van der Waals surface area contributed by atoms with Gasteiger partial charge in [0.05, 0.1) is 18.4 Å². The molecule has 1 amide bonds. The topological polar surface area (TPSA) is 74.1 Å². The first-order chi connectivity index (χ1) is 9.26. The lowest BCUT2D eigenvalue weighted by Crippen LogP contribution is -2.47. The number of carbonyl (C=O) groups excluding carboxylic acids is 1. The van der Waals surface area contributed by atoms with Crippen molar-refractivity contribution in [1.29, 1.82) is 5.26 Å². The second-order valence-electron chi connectivity index (χ2n) is 5.63. The highest BCUT2D eigenvalue weighted by Crippen LogP contribution is 2.22. The zero-order valence-electron chi connectivity index (χ0n) is 12.6. The van der Waals surface area contributed by atoms with Crippen LogP contribution in [0.5, 0.6) is 5.75 Å². The van der Waals surface area contributed by atoms with E-state index in [1.807, 2.05) is 20.8 Å². The molecule has 1 rings (SSSR count). The van der Waals surface area contributed by atoms with Crippen molar-refractivity contribution in [2.45, 2.75) is 39.3 Å². The molecule has 0 saturated carbocycles. The fraction of sp³-hybridized carbons (Fsp3) is 0.467. The van der Waals surface area contributed by atoms with Crippen LogP contribution in [0.2, 0.25) is 0 Å². The number of hydrogen-bond donors (Lipinski definition) is 2. The Hall–Kier alpha value is -2.22. The summed E-state index contributed by atoms with van der Waals surface area (Å²) in [4.78, 5) is 12.0. The first-order valence-corrected chi connectivity index (χ1v) is 6.43. The number of rotatable bonds is 4. The molecule has 1 unspecified atom stereocenters. The number of amides is 1. The van der Waals surface area contributed by atoms with E-state index in [-0.39, 0.29) is 11.4 Å². The molecule has 0 bridgehead atoms. The van der Waals surface area contributed by atoms with Gasteiger partial charge < -0.3 is 15.4 Å². The van der Waals surface area contributed by atoms with E-state index in [1.165, 1.54) is 0 Å². The Morgan fingerprint density at radius 3 is 2.55 bits per heavy atom. The van der Waals surface area contributed by atoms with Crippen molar-refractivity contribution in [3.05, 3.63) is 23.8 Å². The smallest absolute Gasteiger partial charge is 0.242 e. The minimum absolute atomic E-state index is 0.121. The summed E-state index contributed by atoms with van der Waals surface area (Å²) in [5.74, 6) is 0.513. The Morgan fingerprint density at radius 1 is 1.40 bits per heavy atom. The molecule has 0 aliphatic rings. The molecule has 0 heterocycles. The van der Waals surface area contributed by atoms with Gasteiger partial charge in [0.1, 0.15) is 17.9 Å². The van der Waals surface area contributed by atoms with E-state index >= 15 is 0 Å². The molecule has 5 heteroatoms. The summed E-state index contributed by atoms with van der Waals surface area (Å²) in [5, 5.41) is 15.0. The minimum Gasteiger partial charge on any atom is -0.497 e. The summed E-state index contributed by atoms with van der Waals surface area (Å²) in [6.07, 6.45) is 0. The first kappa shape index (κ1) is 15.8. The van der Waals surface area contributed by atoms with Crippen LogP contribution in [0.25, 0.3) is 0 Å². The molecule has 1 atom stereocenters. The first-order valence-electron chi connectivity index (χ1n) is 6.43. The van der Waals surface area contributed by atoms with Crippen LogP contribution < -0.4 is 15.4 Å². The third-order valence-electron chi connectivity index (χ3n) is 2.61. The number of nitrogens with zero attached hydrogens (tertiary/aromatic N) is 1. The van der Waals surface area contributed by atoms with Crippen LogP contribution in [0.1, 0.15) is 33.3 Å². The summed E-state index contributed by atoms with van der Waals surface area (Å²) >= 11 is 0. The van der Waals surface area contributed by atoms with Gasteiger partial charge in [-0.2, -0.15) is 5.26 Å². The van der Waals surface area contributed by atoms with Gasteiger partial charge in [0.15, 0.2) is 0 Å². The van der Waals surface area contributed by atoms with Gasteiger partial charge in [-0.05, 0) is 39.8 Å². The minimum atomic E-state index is -0.451. The quantitative estimate of drug-likeness (QED) is 0.884. The van der Waals surface area contributed by atoms with Crippen LogP contribution in [-0.4, -0.2) is 24.6 Å². The van der Waals surface area contributed by atoms with Crippen molar-refractivity contribution >= 4 is 11.6 Å². The fourth-order valence-electron chi connectivity index (χ4n) is 1.64. The molecule has 1 aromatic rings. The SMILES string of the molecule is COc1ccc(C#N)c(NC(C)C(=O)NC(C)(C)C)c1. The van der Waals surface area contributed by atoms with E-state index in [4.69, 9.17) is 10.00 Å². The van der Waals surface area contributed by atoms with Crippen LogP contribution in [0.15, 0.2) is 18.2 Å². The third kappa shape index (κ3) is 4.47. The van der Waals surface area contributed by atoms with Gasteiger partial charge in [0.25, 0.3) is 0 Å². The Bertz CT molecular complexity index is 527. The number of benzene rings is 1. The maximum absolute atomic E-state index is 12.0. The molecular weight excluding hydrogens is 254 g/mol. The number of methoxy groups -OCH3 is 1. The molecule has 0 aliphatic carbocycles. The molecule has 20 heavy (non-hydrogen) atoms. The van der Waals surface area contributed by atoms with Crippen molar-refractivity contribution in [1.82, 2.24) is 5.32 Å². The summed E-state index contributed by atoms with van der Waals surface area (Å²) in [7, 11) is 1.56. The normalized spacial score (nSPS) is 12.2. The summed E-state index contributed by atoms with van der Waals surface area (Å²) in [6, 6.07) is 6.72. The second kappa shape index (κ2) is 6.29. The van der Waals surface area contributed by atoms with E-state index in [2.05, 4.69) is 16.7 Å². The second-order valence-corrected chi connectivity index (χ2v) is 5.63. The number of ether oxygens (including phenoxy) is 1. The largest absolute Gasteiger partial charge is 0.497 e. The van der Waals surface area contributed by atoms with Crippen molar-refractivity contribution in [3.8, 4) is 11.8 Å². The maximum atomic E-state index is 12.0. The van der Waals surface area contributed by atoms with Gasteiger partial charge in [-0.25, -0.2) is 0 Å². The van der Waals surface area contributed by atoms with E-state index in [9.17, 15) is 4.79 Å². The lowest BCUT2D eigenvalue weighted by Gasteiger charge is -2.24. The number of hydrogen-bond acceptors (Lipinski definition) is 4. The van der Waals surface area contributed by atoms with Crippen LogP contribution in [-0.2, 0) is 4.79 Å². The molecule has 0 saturated heterocycles. The number of nitriles is 1. The Labute approximate surface area is 119 Å². The molecule has 0 spiro atoms. The van der Waals surface area contributed by atoms with Crippen molar-refractivity contribution < 1.29 is 9.53 Å². The highest BCUT2D eigenvalue weighted by Gasteiger charge is 2.20. The third-order valence-corrected chi connectivity index (χ3v) is 2.61. The molecule has 0 radical (unpaired) electrons. The maximum Gasteiger partial charge on any atom is 0.242 e. The van der Waals surface area contributed by atoms with Crippen LogP contribution in [0.4, 0.5) is 5.69 Å². The predicted octanol–water partition coefficient (Wildman–Crippen LogP) is 2.28. The highest BCUT2D eigenvalue weighted by atomic mass is 16.5. The molecule has 2 N–H and O–H groups in total. The number of anilines is 1. The predicted molar refractivity (Wildman–Crippen MR) is 78.7 cm³/mol. The Kier molecular flexibility index (Phi) is 4.98. The lowest BCUT2D eigenvalue weighted by atomic mass is 10.1. The van der Waals surface area contributed by atoms with Gasteiger partial charge in [-0.1, -0.05) is 0 Å². The van der Waals surface area contributed by atoms with Gasteiger partial charge in [0.2, 0.25) is 5.91 Å². The molecular formula is C15H21N3O2. The molecule has 0 fully saturated rings. The van der Waals surface area contributed by atoms with Gasteiger partial charge in [0, 0.05) is 11.6 Å². The molecule has 0 aromatic heterocycles. The average molecular weight is 275 g/mol. The zero-order chi connectivity index (χ0) is 15.3. The molecule has 0 aliphatic heterocycles. The summed E-state index contributed by atoms with van der Waals surface area (Å²) < 4.78 is 5.13. The van der Waals surface area contributed by atoms with Crippen molar-refractivity contribution in [2.75, 3.05) is 12.4 Å². The van der Waals surface area contributed by atoms with E-state index in [1.54, 1.807) is 32.2 Å². The van der Waals surface area contributed by atoms with Crippen LogP contribution >= 0.6 is 0 Å². The van der Waals surface area contributed by atoms with Crippen LogP contribution in [0, 0.1) is 11.3 Å². The van der Waals surface area contributed by atoms with Crippen LogP contribution in [0.3, 0.4) is 0 Å². The molecule has 108 valence electrons. The molecule has 5 nitrogen and oxygen atoms in total. The van der Waals surface area contributed by atoms with Crippen molar-refractivity contribution in [3.63, 3.8) is 0 Å². The summed E-state index contributed by atoms with van der Waals surface area (Å²) in [6.45, 7) is 7.51. The van der Waals surface area contributed by atoms with Gasteiger partial charge >= 0.3 is 0 Å². The highest BCUT2D eigenvalue weighted by molar-refractivity contribution is 5.85. The Balaban J connectivity index is 2.87. The van der Waals surface area contributed by atoms with E-state index in [0.29, 0.717) is 17.0 Å². The monoisotopic (exact) mass is 275 g/mol. The summed E-state index contributed by atoms with van der Waals surface area (Å²) in [5.41, 5.74) is 0.768. The van der Waals surface area contributed by atoms with E-state index < -0.39 is 6.04 Å². The van der Waals surface area contributed by atoms with Gasteiger partial charge in [-0.3, -0.25) is 4.79 Å². The van der Waals surface area contributed by atoms with Gasteiger partial charge in [-0.15, -0.1) is 0 Å². The Morgan fingerprint density at radius 2 is 2.05 bits per heavy atom. The molecule has 1 aromatic carbocycles. The standard InChI is InChI=1S/C15H21N3O2/c1-10(14(19)18-15(2,3)4)17-13-8-12(20-5)7-6-11(13)9-16/h6-8,10,17H,1-5H3,(H,18,19). The zero-order valence-corrected chi connectivity index (χ0v) is 12.6. The average Bonchev–Trinajstić information content (AvgIpc) is 2.36. The fourth-order valence-corrected chi connectivity index (χ4v) is 1.64. The van der Waals surface area contributed by atoms with E-state index in [0.717, 1.165) is 0 Å². The number of nitrogens with one attached hydrogen (secondary N) is 2. The number of carbonyl (C=O) groups is 1. The van der Waals surface area contributed by atoms with Crippen molar-refractivity contribution in [2.24, 2.45) is 0 Å².